The molecule has 2 heterocycles. The summed E-state index contributed by atoms with van der Waals surface area (Å²) in [7, 11) is -2.04. The minimum absolute atomic E-state index is 0.0293. The van der Waals surface area contributed by atoms with E-state index in [1.165, 1.54) is 6.08 Å². The van der Waals surface area contributed by atoms with E-state index in [1.54, 1.807) is 37.4 Å². The SMILES string of the molecule is CCOc1cc(/C=C2\C(=N)N3N=C(S(C)(=O)=O)SC3=NC2=O)ccc1OCCOc1ccccc1OC. The molecule has 37 heavy (non-hydrogen) atoms. The standard InChI is InChI=1S/C24H24N4O7S2/c1-4-33-20-14-15(9-10-19(20)35-12-11-34-18-8-6-5-7-17(18)32-2)13-16-21(25)28-23(26-22(16)29)36-24(27-28)37(3,30)31/h5-10,13-14,25H,4,11-12H2,1-3H3/b16-13+,25-21?. The average molecular weight is 545 g/mol. The second kappa shape index (κ2) is 11.0. The van der Waals surface area contributed by atoms with Gasteiger partial charge in [0.05, 0.1) is 19.3 Å². The Morgan fingerprint density at radius 1 is 1.03 bits per heavy atom. The number of benzene rings is 2. The second-order valence-electron chi connectivity index (χ2n) is 7.65. The van der Waals surface area contributed by atoms with Crippen LogP contribution in [0.25, 0.3) is 6.08 Å². The molecule has 0 fully saturated rings. The Morgan fingerprint density at radius 2 is 1.70 bits per heavy atom. The first-order valence-electron chi connectivity index (χ1n) is 11.1. The van der Waals surface area contributed by atoms with E-state index >= 15 is 0 Å². The van der Waals surface area contributed by atoms with Gasteiger partial charge in [0, 0.05) is 6.26 Å². The number of carbonyl (C=O) groups is 1. The number of carbonyl (C=O) groups excluding carboxylic acids is 1. The Bertz CT molecular complexity index is 1430. The first-order chi connectivity index (χ1) is 17.7. The van der Waals surface area contributed by atoms with Gasteiger partial charge in [0.1, 0.15) is 13.2 Å². The molecular formula is C24H24N4O7S2. The van der Waals surface area contributed by atoms with Crippen molar-refractivity contribution in [2.24, 2.45) is 10.1 Å². The van der Waals surface area contributed by atoms with Crippen molar-refractivity contribution in [2.45, 2.75) is 6.92 Å². The van der Waals surface area contributed by atoms with Crippen LogP contribution in [0, 0.1) is 5.41 Å². The number of methoxy groups -OCH3 is 1. The predicted octanol–water partition coefficient (Wildman–Crippen LogP) is 3.17. The molecule has 0 bridgehead atoms. The molecule has 2 aliphatic rings. The molecule has 1 N–H and O–H groups in total. The highest BCUT2D eigenvalue weighted by Crippen LogP contribution is 2.33. The van der Waals surface area contributed by atoms with E-state index in [0.29, 0.717) is 35.2 Å². The van der Waals surface area contributed by atoms with Gasteiger partial charge in [-0.25, -0.2) is 8.42 Å². The molecule has 11 nitrogen and oxygen atoms in total. The van der Waals surface area contributed by atoms with Gasteiger partial charge < -0.3 is 18.9 Å². The maximum absolute atomic E-state index is 12.6. The average Bonchev–Trinajstić information content (AvgIpc) is 3.31. The molecule has 1 amide bonds. The summed E-state index contributed by atoms with van der Waals surface area (Å²) in [5.74, 6) is 1.22. The molecule has 0 atom stereocenters. The number of hydrogen-bond acceptors (Lipinski definition) is 10. The van der Waals surface area contributed by atoms with Crippen molar-refractivity contribution in [2.75, 3.05) is 33.2 Å². The summed E-state index contributed by atoms with van der Waals surface area (Å²) >= 11 is 0.734. The third kappa shape index (κ3) is 5.94. The summed E-state index contributed by atoms with van der Waals surface area (Å²) in [6.45, 7) is 2.73. The van der Waals surface area contributed by atoms with Crippen LogP contribution in [0.1, 0.15) is 12.5 Å². The number of sulfone groups is 1. The molecule has 0 radical (unpaired) electrons. The lowest BCUT2D eigenvalue weighted by Gasteiger charge is -2.20. The number of rotatable bonds is 9. The molecule has 0 aliphatic carbocycles. The number of hydrazone groups is 1. The third-order valence-electron chi connectivity index (χ3n) is 5.00. The Labute approximate surface area is 218 Å². The number of aliphatic imine (C=N–C) groups is 1. The molecule has 2 aliphatic heterocycles. The minimum atomic E-state index is -3.61. The fraction of sp³-hybridized carbons (Fsp3) is 0.250. The molecule has 0 aromatic heterocycles. The molecular weight excluding hydrogens is 520 g/mol. The summed E-state index contributed by atoms with van der Waals surface area (Å²) in [5.41, 5.74) is 0.524. The van der Waals surface area contributed by atoms with E-state index < -0.39 is 15.7 Å². The van der Waals surface area contributed by atoms with E-state index in [4.69, 9.17) is 24.4 Å². The topological polar surface area (TPSA) is 140 Å². The van der Waals surface area contributed by atoms with Crippen LogP contribution in [-0.2, 0) is 14.6 Å². The van der Waals surface area contributed by atoms with Gasteiger partial charge in [-0.2, -0.15) is 10.0 Å². The summed E-state index contributed by atoms with van der Waals surface area (Å²) in [5, 5.41) is 13.4. The van der Waals surface area contributed by atoms with Crippen LogP contribution < -0.4 is 18.9 Å². The number of thioether (sulfide) groups is 1. The van der Waals surface area contributed by atoms with E-state index in [0.717, 1.165) is 23.0 Å². The van der Waals surface area contributed by atoms with Gasteiger partial charge in [-0.05, 0) is 54.6 Å². The minimum Gasteiger partial charge on any atom is -0.493 e. The maximum atomic E-state index is 12.6. The third-order valence-corrected chi connectivity index (χ3v) is 7.58. The van der Waals surface area contributed by atoms with Crippen LogP contribution in [0.15, 0.2) is 58.1 Å². The number of para-hydroxylation sites is 2. The molecule has 0 unspecified atom stereocenters. The Balaban J connectivity index is 1.49. The van der Waals surface area contributed by atoms with Crippen LogP contribution in [0.3, 0.4) is 0 Å². The van der Waals surface area contributed by atoms with Crippen molar-refractivity contribution in [3.63, 3.8) is 0 Å². The van der Waals surface area contributed by atoms with Crippen molar-refractivity contribution >= 4 is 49.0 Å². The van der Waals surface area contributed by atoms with Crippen LogP contribution in [0.2, 0.25) is 0 Å². The zero-order chi connectivity index (χ0) is 26.6. The lowest BCUT2D eigenvalue weighted by atomic mass is 10.1. The van der Waals surface area contributed by atoms with Gasteiger partial charge in [-0.3, -0.25) is 10.2 Å². The normalized spacial score (nSPS) is 16.3. The lowest BCUT2D eigenvalue weighted by molar-refractivity contribution is -0.114. The number of ether oxygens (including phenoxy) is 4. The number of hydrogen-bond donors (Lipinski definition) is 1. The van der Waals surface area contributed by atoms with E-state index in [-0.39, 0.29) is 34.2 Å². The quantitative estimate of drug-likeness (QED) is 0.372. The summed E-state index contributed by atoms with van der Waals surface area (Å²) in [4.78, 5) is 16.5. The molecule has 0 saturated carbocycles. The van der Waals surface area contributed by atoms with Gasteiger partial charge in [-0.15, -0.1) is 5.10 Å². The number of amides is 1. The van der Waals surface area contributed by atoms with E-state index in [2.05, 4.69) is 10.1 Å². The highest BCUT2D eigenvalue weighted by Gasteiger charge is 2.38. The van der Waals surface area contributed by atoms with Gasteiger partial charge in [0.25, 0.3) is 5.91 Å². The van der Waals surface area contributed by atoms with Gasteiger partial charge in [-0.1, -0.05) is 18.2 Å². The van der Waals surface area contributed by atoms with E-state index in [1.807, 2.05) is 19.1 Å². The monoisotopic (exact) mass is 544 g/mol. The number of nitrogens with one attached hydrogen (secondary N) is 1. The highest BCUT2D eigenvalue weighted by atomic mass is 32.3. The van der Waals surface area contributed by atoms with Gasteiger partial charge in [0.2, 0.25) is 19.4 Å². The molecule has 4 rings (SSSR count). The van der Waals surface area contributed by atoms with Crippen LogP contribution >= 0.6 is 11.8 Å². The number of nitrogens with zero attached hydrogens (tertiary/aromatic N) is 3. The first kappa shape index (κ1) is 26.2. The molecule has 0 saturated heterocycles. The summed E-state index contributed by atoms with van der Waals surface area (Å²) in [6, 6.07) is 12.4. The van der Waals surface area contributed by atoms with Crippen molar-refractivity contribution in [3.8, 4) is 23.0 Å². The number of amidine groups is 2. The molecule has 2 aromatic rings. The lowest BCUT2D eigenvalue weighted by Crippen LogP contribution is -2.35. The van der Waals surface area contributed by atoms with Gasteiger partial charge in [0.15, 0.2) is 28.8 Å². The summed E-state index contributed by atoms with van der Waals surface area (Å²) in [6.07, 6.45) is 2.48. The fourth-order valence-electron chi connectivity index (χ4n) is 3.33. The highest BCUT2D eigenvalue weighted by molar-refractivity contribution is 8.42. The van der Waals surface area contributed by atoms with E-state index in [9.17, 15) is 13.2 Å². The van der Waals surface area contributed by atoms with Crippen molar-refractivity contribution < 1.29 is 32.2 Å². The fourth-order valence-corrected chi connectivity index (χ4v) is 5.02. The molecule has 13 heteroatoms. The zero-order valence-electron chi connectivity index (χ0n) is 20.3. The summed E-state index contributed by atoms with van der Waals surface area (Å²) < 4.78 is 46.0. The first-order valence-corrected chi connectivity index (χ1v) is 13.8. The second-order valence-corrected chi connectivity index (χ2v) is 10.8. The van der Waals surface area contributed by atoms with Crippen LogP contribution in [0.5, 0.6) is 23.0 Å². The Kier molecular flexibility index (Phi) is 7.83. The predicted molar refractivity (Wildman–Crippen MR) is 141 cm³/mol. The number of fused-ring (bicyclic) bond motifs is 1. The Hall–Kier alpha value is -3.84. The maximum Gasteiger partial charge on any atom is 0.283 e. The molecule has 0 spiro atoms. The Morgan fingerprint density at radius 3 is 2.35 bits per heavy atom. The van der Waals surface area contributed by atoms with Crippen molar-refractivity contribution in [3.05, 3.63) is 53.6 Å². The molecule has 2 aromatic carbocycles. The van der Waals surface area contributed by atoms with Crippen LogP contribution in [0.4, 0.5) is 0 Å². The van der Waals surface area contributed by atoms with Crippen LogP contribution in [-0.4, -0.2) is 67.9 Å². The van der Waals surface area contributed by atoms with Gasteiger partial charge >= 0.3 is 0 Å². The van der Waals surface area contributed by atoms with Crippen molar-refractivity contribution in [1.82, 2.24) is 5.01 Å². The molecule has 194 valence electrons. The largest absolute Gasteiger partial charge is 0.493 e. The zero-order valence-corrected chi connectivity index (χ0v) is 21.9. The van der Waals surface area contributed by atoms with Crippen molar-refractivity contribution in [1.29, 1.82) is 5.41 Å². The smallest absolute Gasteiger partial charge is 0.283 e.